The van der Waals surface area contributed by atoms with E-state index in [2.05, 4.69) is 24.0 Å². The zero-order valence-corrected chi connectivity index (χ0v) is 13.8. The van der Waals surface area contributed by atoms with Crippen LogP contribution in [0.25, 0.3) is 0 Å². The number of carbonyl (C=O) groups excluding carboxylic acids is 1. The lowest BCUT2D eigenvalue weighted by atomic mass is 10.2. The largest absolute Gasteiger partial charge is 0.366 e. The fraction of sp³-hybridized carbons (Fsp3) is 0.533. The Kier molecular flexibility index (Phi) is 4.26. The molecule has 2 aromatic heterocycles. The van der Waals surface area contributed by atoms with E-state index in [-0.39, 0.29) is 12.0 Å². The minimum atomic E-state index is -0.318. The molecule has 118 valence electrons. The van der Waals surface area contributed by atoms with Gasteiger partial charge in [0.15, 0.2) is 0 Å². The summed E-state index contributed by atoms with van der Waals surface area (Å²) in [7, 11) is 0. The summed E-state index contributed by atoms with van der Waals surface area (Å²) in [5.74, 6) is 1.07. The Morgan fingerprint density at radius 2 is 2.32 bits per heavy atom. The first kappa shape index (κ1) is 15.2. The average Bonchev–Trinajstić information content (AvgIpc) is 3.12. The van der Waals surface area contributed by atoms with Gasteiger partial charge in [0, 0.05) is 18.3 Å². The summed E-state index contributed by atoms with van der Waals surface area (Å²) in [5.41, 5.74) is 1.19. The minimum absolute atomic E-state index is 0.0568. The number of nitrogens with zero attached hydrogens (tertiary/aromatic N) is 3. The molecular weight excluding hydrogens is 302 g/mol. The number of amides is 1. The first-order valence-electron chi connectivity index (χ1n) is 7.39. The van der Waals surface area contributed by atoms with Gasteiger partial charge in [0.2, 0.25) is 11.7 Å². The maximum absolute atomic E-state index is 12.7. The van der Waals surface area contributed by atoms with Crippen LogP contribution in [0.3, 0.4) is 0 Å². The van der Waals surface area contributed by atoms with E-state index in [1.807, 2.05) is 11.0 Å². The van der Waals surface area contributed by atoms with Crippen LogP contribution in [0.5, 0.6) is 0 Å². The third kappa shape index (κ3) is 2.91. The number of morpholine rings is 1. The molecule has 0 unspecified atom stereocenters. The Bertz CT molecular complexity index is 679. The molecule has 0 bridgehead atoms. The van der Waals surface area contributed by atoms with Crippen molar-refractivity contribution in [3.05, 3.63) is 33.1 Å². The summed E-state index contributed by atoms with van der Waals surface area (Å²) in [6, 6.07) is 1.98. The molecule has 1 aliphatic rings. The summed E-state index contributed by atoms with van der Waals surface area (Å²) in [5, 5.41) is 3.89. The van der Waals surface area contributed by atoms with Crippen molar-refractivity contribution in [3.8, 4) is 0 Å². The summed E-state index contributed by atoms with van der Waals surface area (Å²) in [4.78, 5) is 20.7. The number of aryl methyl sites for hydroxylation is 3. The highest BCUT2D eigenvalue weighted by molar-refractivity contribution is 7.14. The zero-order chi connectivity index (χ0) is 15.7. The molecule has 6 nitrogen and oxygen atoms in total. The second-order valence-corrected chi connectivity index (χ2v) is 6.49. The van der Waals surface area contributed by atoms with Gasteiger partial charge in [-0.2, -0.15) is 4.98 Å². The minimum Gasteiger partial charge on any atom is -0.366 e. The monoisotopic (exact) mass is 321 g/mol. The van der Waals surface area contributed by atoms with Crippen LogP contribution in [0.2, 0.25) is 0 Å². The van der Waals surface area contributed by atoms with Crippen LogP contribution in [-0.2, 0) is 11.2 Å². The number of hydrogen-bond acceptors (Lipinski definition) is 6. The molecule has 0 aliphatic carbocycles. The zero-order valence-electron chi connectivity index (χ0n) is 13.0. The van der Waals surface area contributed by atoms with E-state index in [0.717, 1.165) is 11.3 Å². The molecule has 1 atom stereocenters. The van der Waals surface area contributed by atoms with Crippen molar-refractivity contribution in [2.75, 3.05) is 19.7 Å². The maximum Gasteiger partial charge on any atom is 0.264 e. The number of aromatic nitrogens is 2. The van der Waals surface area contributed by atoms with Crippen LogP contribution in [-0.4, -0.2) is 40.6 Å². The van der Waals surface area contributed by atoms with E-state index < -0.39 is 0 Å². The number of ether oxygens (including phenoxy) is 1. The number of hydrogen-bond donors (Lipinski definition) is 0. The molecule has 3 rings (SSSR count). The van der Waals surface area contributed by atoms with Crippen LogP contribution < -0.4 is 0 Å². The first-order valence-corrected chi connectivity index (χ1v) is 8.20. The number of rotatable bonds is 3. The van der Waals surface area contributed by atoms with Gasteiger partial charge in [-0.3, -0.25) is 4.79 Å². The Balaban J connectivity index is 1.74. The third-order valence-corrected chi connectivity index (χ3v) is 5.11. The average molecular weight is 321 g/mol. The molecule has 1 saturated heterocycles. The van der Waals surface area contributed by atoms with Crippen molar-refractivity contribution in [2.24, 2.45) is 0 Å². The summed E-state index contributed by atoms with van der Waals surface area (Å²) < 4.78 is 10.7. The molecular formula is C15H19N3O3S. The van der Waals surface area contributed by atoms with E-state index in [0.29, 0.717) is 31.4 Å². The molecule has 0 N–H and O–H groups in total. The molecule has 0 aromatic carbocycles. The molecule has 7 heteroatoms. The molecule has 1 amide bonds. The fourth-order valence-corrected chi connectivity index (χ4v) is 3.65. The van der Waals surface area contributed by atoms with Crippen LogP contribution in [0, 0.1) is 13.8 Å². The van der Waals surface area contributed by atoms with Crippen molar-refractivity contribution in [1.29, 1.82) is 0 Å². The smallest absolute Gasteiger partial charge is 0.264 e. The summed E-state index contributed by atoms with van der Waals surface area (Å²) in [6.45, 7) is 7.42. The SMILES string of the molecule is CCc1sc(C(=O)N2CCO[C@H](c3noc(C)n3)C2)cc1C. The van der Waals surface area contributed by atoms with Crippen molar-refractivity contribution in [3.63, 3.8) is 0 Å². The topological polar surface area (TPSA) is 68.5 Å². The molecule has 0 saturated carbocycles. The number of carbonyl (C=O) groups is 1. The second-order valence-electron chi connectivity index (χ2n) is 5.35. The lowest BCUT2D eigenvalue weighted by Gasteiger charge is -2.31. The second kappa shape index (κ2) is 6.18. The van der Waals surface area contributed by atoms with Crippen LogP contribution in [0.15, 0.2) is 10.6 Å². The molecule has 2 aromatic rings. The molecule has 3 heterocycles. The van der Waals surface area contributed by atoms with E-state index in [1.54, 1.807) is 18.3 Å². The maximum atomic E-state index is 12.7. The molecule has 22 heavy (non-hydrogen) atoms. The van der Waals surface area contributed by atoms with Gasteiger partial charge >= 0.3 is 0 Å². The van der Waals surface area contributed by atoms with E-state index in [4.69, 9.17) is 9.26 Å². The van der Waals surface area contributed by atoms with Gasteiger partial charge in [0.25, 0.3) is 5.91 Å². The van der Waals surface area contributed by atoms with Gasteiger partial charge in [0.05, 0.1) is 18.0 Å². The predicted octanol–water partition coefficient (Wildman–Crippen LogP) is 2.52. The molecule has 1 aliphatic heterocycles. The van der Waals surface area contributed by atoms with Crippen molar-refractivity contribution >= 4 is 17.2 Å². The third-order valence-electron chi connectivity index (χ3n) is 3.74. The van der Waals surface area contributed by atoms with E-state index in [1.165, 1.54) is 10.4 Å². The summed E-state index contributed by atoms with van der Waals surface area (Å²) >= 11 is 1.58. The van der Waals surface area contributed by atoms with Crippen molar-refractivity contribution in [2.45, 2.75) is 33.3 Å². The van der Waals surface area contributed by atoms with Crippen LogP contribution >= 0.6 is 11.3 Å². The molecule has 1 fully saturated rings. The molecule has 0 spiro atoms. The van der Waals surface area contributed by atoms with Crippen molar-refractivity contribution in [1.82, 2.24) is 15.0 Å². The van der Waals surface area contributed by atoms with Gasteiger partial charge < -0.3 is 14.2 Å². The Morgan fingerprint density at radius 1 is 1.50 bits per heavy atom. The Morgan fingerprint density at radius 3 is 2.95 bits per heavy atom. The predicted molar refractivity (Wildman–Crippen MR) is 82.1 cm³/mol. The highest BCUT2D eigenvalue weighted by Crippen LogP contribution is 2.26. The normalized spacial score (nSPS) is 18.7. The fourth-order valence-electron chi connectivity index (χ4n) is 2.57. The van der Waals surface area contributed by atoms with Crippen molar-refractivity contribution < 1.29 is 14.1 Å². The van der Waals surface area contributed by atoms with Gasteiger partial charge in [-0.25, -0.2) is 0 Å². The van der Waals surface area contributed by atoms with Gasteiger partial charge in [-0.1, -0.05) is 12.1 Å². The highest BCUT2D eigenvalue weighted by atomic mass is 32.1. The Labute approximate surface area is 133 Å². The van der Waals surface area contributed by atoms with E-state index in [9.17, 15) is 4.79 Å². The van der Waals surface area contributed by atoms with Gasteiger partial charge in [0.1, 0.15) is 6.10 Å². The van der Waals surface area contributed by atoms with Crippen LogP contribution in [0.4, 0.5) is 0 Å². The van der Waals surface area contributed by atoms with Gasteiger partial charge in [-0.05, 0) is 25.0 Å². The quantitative estimate of drug-likeness (QED) is 0.869. The number of thiophene rings is 1. The molecule has 0 radical (unpaired) electrons. The van der Waals surface area contributed by atoms with E-state index >= 15 is 0 Å². The Hall–Kier alpha value is -1.73. The summed E-state index contributed by atoms with van der Waals surface area (Å²) in [6.07, 6.45) is 0.638. The lowest BCUT2D eigenvalue weighted by Crippen LogP contribution is -2.42. The van der Waals surface area contributed by atoms with Gasteiger partial charge in [-0.15, -0.1) is 11.3 Å². The van der Waals surface area contributed by atoms with Crippen LogP contribution in [0.1, 0.15) is 44.9 Å². The lowest BCUT2D eigenvalue weighted by molar-refractivity contribution is -0.0274. The first-order chi connectivity index (χ1) is 10.6. The highest BCUT2D eigenvalue weighted by Gasteiger charge is 2.29. The standard InChI is InChI=1S/C15H19N3O3S/c1-4-12-9(2)7-13(22-12)15(19)18-5-6-20-11(8-18)14-16-10(3)21-17-14/h7,11H,4-6,8H2,1-3H3/t11-/m0/s1.